The fraction of sp³-hybridized carbons (Fsp3) is 0.0417. The maximum absolute atomic E-state index is 5.17. The highest BCUT2D eigenvalue weighted by Gasteiger charge is 2.18. The van der Waals surface area contributed by atoms with E-state index in [0.717, 1.165) is 68.9 Å². The van der Waals surface area contributed by atoms with E-state index in [1.807, 2.05) is 12.3 Å². The van der Waals surface area contributed by atoms with Crippen LogP contribution in [0.2, 0.25) is 0 Å². The smallest absolute Gasteiger partial charge is 0.0715 e. The van der Waals surface area contributed by atoms with Crippen molar-refractivity contribution in [1.82, 2.24) is 9.97 Å². The molecule has 0 radical (unpaired) electrons. The zero-order chi connectivity index (χ0) is 33.3. The lowest BCUT2D eigenvalue weighted by atomic mass is 9.84. The predicted octanol–water partition coefficient (Wildman–Crippen LogP) is 12.6. The molecule has 2 heterocycles. The molecular formula is C48H34N2. The van der Waals surface area contributed by atoms with E-state index in [2.05, 4.69) is 170 Å². The molecule has 50 heavy (non-hydrogen) atoms. The molecule has 0 spiro atoms. The molecule has 2 heteroatoms. The zero-order valence-corrected chi connectivity index (χ0v) is 27.6. The highest BCUT2D eigenvalue weighted by atomic mass is 14.7. The van der Waals surface area contributed by atoms with Gasteiger partial charge in [-0.25, -0.2) is 4.98 Å². The van der Waals surface area contributed by atoms with Crippen molar-refractivity contribution in [2.24, 2.45) is 0 Å². The molecule has 2 nitrogen and oxygen atoms in total. The summed E-state index contributed by atoms with van der Waals surface area (Å²) in [6, 6.07) is 58.3. The third kappa shape index (κ3) is 5.71. The Morgan fingerprint density at radius 3 is 1.70 bits per heavy atom. The normalized spacial score (nSPS) is 12.2. The second-order valence-corrected chi connectivity index (χ2v) is 12.9. The first-order valence-electron chi connectivity index (χ1n) is 17.3. The first kappa shape index (κ1) is 29.7. The van der Waals surface area contributed by atoms with Crippen molar-refractivity contribution in [3.8, 4) is 67.2 Å². The Labute approximate surface area is 293 Å². The minimum Gasteiger partial charge on any atom is -0.256 e. The first-order chi connectivity index (χ1) is 24.8. The maximum Gasteiger partial charge on any atom is 0.0715 e. The molecular weight excluding hydrogens is 605 g/mol. The van der Waals surface area contributed by atoms with Crippen molar-refractivity contribution in [3.05, 3.63) is 187 Å². The van der Waals surface area contributed by atoms with E-state index in [1.165, 1.54) is 33.0 Å². The molecule has 0 fully saturated rings. The van der Waals surface area contributed by atoms with Crippen LogP contribution in [0, 0.1) is 0 Å². The fourth-order valence-corrected chi connectivity index (χ4v) is 7.24. The molecule has 0 saturated heterocycles. The van der Waals surface area contributed by atoms with Gasteiger partial charge in [0, 0.05) is 28.5 Å². The highest BCUT2D eigenvalue weighted by molar-refractivity contribution is 5.98. The van der Waals surface area contributed by atoms with E-state index in [-0.39, 0.29) is 0 Å². The molecule has 1 aliphatic rings. The number of pyridine rings is 2. The summed E-state index contributed by atoms with van der Waals surface area (Å²) >= 11 is 0. The number of benzene rings is 6. The number of fused-ring (bicyclic) bond motifs is 3. The monoisotopic (exact) mass is 638 g/mol. The summed E-state index contributed by atoms with van der Waals surface area (Å²) in [6.45, 7) is 0. The van der Waals surface area contributed by atoms with Crippen LogP contribution < -0.4 is 0 Å². The van der Waals surface area contributed by atoms with Gasteiger partial charge in [0.15, 0.2) is 0 Å². The first-order valence-corrected chi connectivity index (χ1v) is 17.3. The van der Waals surface area contributed by atoms with Gasteiger partial charge in [0.05, 0.1) is 17.1 Å². The predicted molar refractivity (Wildman–Crippen MR) is 210 cm³/mol. The van der Waals surface area contributed by atoms with Crippen LogP contribution in [0.4, 0.5) is 0 Å². The average molecular weight is 639 g/mol. The van der Waals surface area contributed by atoms with Crippen LogP contribution in [0.3, 0.4) is 0 Å². The lowest BCUT2D eigenvalue weighted by Gasteiger charge is -2.20. The number of nitrogens with zero attached hydrogens (tertiary/aromatic N) is 2. The molecule has 8 aromatic rings. The molecule has 6 aromatic carbocycles. The summed E-state index contributed by atoms with van der Waals surface area (Å²) < 4.78 is 0. The topological polar surface area (TPSA) is 25.8 Å². The van der Waals surface area contributed by atoms with Gasteiger partial charge in [-0.2, -0.15) is 0 Å². The fourth-order valence-electron chi connectivity index (χ4n) is 7.24. The summed E-state index contributed by atoms with van der Waals surface area (Å²) in [7, 11) is 0. The summed E-state index contributed by atoms with van der Waals surface area (Å²) in [6.07, 6.45) is 8.68. The van der Waals surface area contributed by atoms with Crippen molar-refractivity contribution in [2.75, 3.05) is 0 Å². The van der Waals surface area contributed by atoms with E-state index in [9.17, 15) is 0 Å². The Hall–Kier alpha value is -6.38. The van der Waals surface area contributed by atoms with Gasteiger partial charge in [0.2, 0.25) is 0 Å². The second-order valence-electron chi connectivity index (χ2n) is 12.9. The molecule has 0 aliphatic heterocycles. The molecule has 0 bridgehead atoms. The van der Waals surface area contributed by atoms with Crippen LogP contribution in [0.25, 0.3) is 84.0 Å². The number of rotatable bonds is 6. The van der Waals surface area contributed by atoms with Gasteiger partial charge in [0.1, 0.15) is 0 Å². The molecule has 0 amide bonds. The van der Waals surface area contributed by atoms with Crippen molar-refractivity contribution < 1.29 is 0 Å². The third-order valence-electron chi connectivity index (χ3n) is 9.75. The van der Waals surface area contributed by atoms with E-state index in [4.69, 9.17) is 9.97 Å². The largest absolute Gasteiger partial charge is 0.256 e. The summed E-state index contributed by atoms with van der Waals surface area (Å²) in [5, 5.41) is 2.57. The number of aromatic nitrogens is 2. The van der Waals surface area contributed by atoms with Gasteiger partial charge in [-0.3, -0.25) is 4.98 Å². The van der Waals surface area contributed by atoms with Crippen LogP contribution in [0.1, 0.15) is 17.5 Å². The summed E-state index contributed by atoms with van der Waals surface area (Å²) in [5.41, 5.74) is 15.9. The third-order valence-corrected chi connectivity index (χ3v) is 9.75. The molecule has 1 aliphatic carbocycles. The quantitative estimate of drug-likeness (QED) is 0.181. The van der Waals surface area contributed by atoms with Crippen LogP contribution in [0.5, 0.6) is 0 Å². The lowest BCUT2D eigenvalue weighted by Crippen LogP contribution is -2.00. The summed E-state index contributed by atoms with van der Waals surface area (Å²) in [5.74, 6) is 0. The number of hydrogen-bond acceptors (Lipinski definition) is 2. The van der Waals surface area contributed by atoms with Crippen LogP contribution in [0.15, 0.2) is 176 Å². The molecule has 0 atom stereocenters. The highest BCUT2D eigenvalue weighted by Crippen LogP contribution is 2.41. The summed E-state index contributed by atoms with van der Waals surface area (Å²) in [4.78, 5) is 10.2. The van der Waals surface area contributed by atoms with Gasteiger partial charge in [-0.1, -0.05) is 133 Å². The molecule has 0 unspecified atom stereocenters. The Morgan fingerprint density at radius 1 is 0.420 bits per heavy atom. The molecule has 0 saturated carbocycles. The van der Waals surface area contributed by atoms with E-state index < -0.39 is 0 Å². The van der Waals surface area contributed by atoms with Gasteiger partial charge >= 0.3 is 0 Å². The minimum absolute atomic E-state index is 0.947. The minimum atomic E-state index is 0.947. The molecule has 0 N–H and O–H groups in total. The lowest BCUT2D eigenvalue weighted by molar-refractivity contribution is 0.992. The van der Waals surface area contributed by atoms with Gasteiger partial charge in [0.25, 0.3) is 0 Å². The van der Waals surface area contributed by atoms with Crippen molar-refractivity contribution >= 4 is 16.8 Å². The van der Waals surface area contributed by atoms with Crippen LogP contribution in [-0.4, -0.2) is 9.97 Å². The maximum atomic E-state index is 5.17. The molecule has 9 rings (SSSR count). The van der Waals surface area contributed by atoms with E-state index >= 15 is 0 Å². The van der Waals surface area contributed by atoms with Crippen molar-refractivity contribution in [3.63, 3.8) is 0 Å². The van der Waals surface area contributed by atoms with E-state index in [0.29, 0.717) is 0 Å². The second kappa shape index (κ2) is 12.9. The van der Waals surface area contributed by atoms with Gasteiger partial charge in [-0.15, -0.1) is 0 Å². The Bertz CT molecular complexity index is 2440. The van der Waals surface area contributed by atoms with Crippen molar-refractivity contribution in [1.29, 1.82) is 0 Å². The Balaban J connectivity index is 1.27. The van der Waals surface area contributed by atoms with Crippen molar-refractivity contribution in [2.45, 2.75) is 12.8 Å². The van der Waals surface area contributed by atoms with E-state index in [1.54, 1.807) is 0 Å². The Kier molecular flexibility index (Phi) is 7.68. The average Bonchev–Trinajstić information content (AvgIpc) is 3.21. The number of hydrogen-bond donors (Lipinski definition) is 0. The van der Waals surface area contributed by atoms with Gasteiger partial charge in [-0.05, 0) is 105 Å². The number of allylic oxidation sites excluding steroid dienone is 1. The zero-order valence-electron chi connectivity index (χ0n) is 27.6. The SMILES string of the molecule is C1=Cc2c(c(-c3cc(-c4cc(-c5ccccc5)nc(-c5ccccc5)c4)cc(-c4ccc(-c5ccccc5)cn4)c3)cc3ccccc23)CC1. The standard InChI is InChI=1S/C48H34N2/c1-4-14-33(15-5-1)37-24-25-46(49-32-37)41-27-38(26-40(28-41)45-29-36-20-10-11-21-42(36)43-22-12-13-23-44(43)45)39-30-47(34-16-6-2-7-17-34)50-48(31-39)35-18-8-3-9-19-35/h1-12,14-22,24-32H,13,23H2. The van der Waals surface area contributed by atoms with Gasteiger partial charge < -0.3 is 0 Å². The van der Waals surface area contributed by atoms with Crippen LogP contribution >= 0.6 is 0 Å². The Morgan fingerprint density at radius 2 is 1.02 bits per heavy atom. The van der Waals surface area contributed by atoms with Crippen LogP contribution in [-0.2, 0) is 6.42 Å². The molecule has 236 valence electrons. The molecule has 2 aromatic heterocycles.